The molecule has 1 aliphatic rings. The second-order valence-corrected chi connectivity index (χ2v) is 13.0. The van der Waals surface area contributed by atoms with Gasteiger partial charge in [0.1, 0.15) is 74.0 Å². The zero-order valence-electron chi connectivity index (χ0n) is 25.4. The zero-order valence-corrected chi connectivity index (χ0v) is 25.4. The van der Waals surface area contributed by atoms with E-state index in [1.54, 1.807) is 17.1 Å². The summed E-state index contributed by atoms with van der Waals surface area (Å²) in [5, 5.41) is 2.73. The minimum atomic E-state index is -0.508. The monoisotopic (exact) mass is 534 g/mol. The van der Waals surface area contributed by atoms with Crippen LogP contribution in [-0.4, -0.2) is 109 Å². The lowest BCUT2D eigenvalue weighted by Crippen LogP contribution is -2.86. The molecule has 1 fully saturated rings. The van der Waals surface area contributed by atoms with Crippen molar-refractivity contribution in [1.82, 2.24) is 24.7 Å². The molecule has 1 saturated heterocycles. The van der Waals surface area contributed by atoms with Gasteiger partial charge in [0.05, 0.1) is 6.20 Å². The van der Waals surface area contributed by atoms with E-state index in [4.69, 9.17) is 19.1 Å². The summed E-state index contributed by atoms with van der Waals surface area (Å²) in [5.41, 5.74) is 5.48. The molecule has 196 valence electrons. The van der Waals surface area contributed by atoms with Crippen molar-refractivity contribution in [2.45, 2.75) is 28.4 Å². The van der Waals surface area contributed by atoms with Gasteiger partial charge in [-0.25, -0.2) is 9.67 Å². The number of anilines is 1. The second-order valence-electron chi connectivity index (χ2n) is 13.0. The van der Waals surface area contributed by atoms with Gasteiger partial charge < -0.3 is 14.1 Å². The zero-order chi connectivity index (χ0) is 29.4. The Labute approximate surface area is 247 Å². The van der Waals surface area contributed by atoms with E-state index in [2.05, 4.69) is 109 Å². The summed E-state index contributed by atoms with van der Waals surface area (Å²) < 4.78 is 15.1. The van der Waals surface area contributed by atoms with Crippen LogP contribution in [0.4, 0.5) is 5.82 Å². The summed E-state index contributed by atoms with van der Waals surface area (Å²) in [4.78, 5) is 16.8. The Morgan fingerprint density at radius 3 is 2.15 bits per heavy atom. The summed E-state index contributed by atoms with van der Waals surface area (Å²) >= 11 is 0. The first-order chi connectivity index (χ1) is 19.2. The van der Waals surface area contributed by atoms with Crippen molar-refractivity contribution in [2.75, 3.05) is 4.90 Å². The van der Waals surface area contributed by atoms with Crippen LogP contribution < -0.4 is 4.90 Å². The van der Waals surface area contributed by atoms with Gasteiger partial charge in [0.2, 0.25) is 0 Å². The number of hydrogen-bond acceptors (Lipinski definition) is 7. The molecule has 1 aliphatic heterocycles. The Bertz CT molecular complexity index is 1750. The molecule has 0 bridgehead atoms. The van der Waals surface area contributed by atoms with Crippen LogP contribution in [0.2, 0.25) is 0 Å². The average molecular weight is 533 g/mol. The van der Waals surface area contributed by atoms with Gasteiger partial charge in [-0.2, -0.15) is 10.1 Å². The molecular weight excluding hydrogens is 503 g/mol. The molecule has 0 spiro atoms. The SMILES string of the molecule is BC1(B)OC(B)(B)C(B)(B)N(c2nc(-n3cc(-c4cccc(C)c4)cn3)nc3cc(-c4cccnc4)oc23)C1(B)B. The van der Waals surface area contributed by atoms with Crippen molar-refractivity contribution >= 4 is 79.7 Å². The number of rotatable bonds is 4. The highest BCUT2D eigenvalue weighted by Gasteiger charge is 2.59. The second kappa shape index (κ2) is 9.24. The van der Waals surface area contributed by atoms with Crippen LogP contribution in [0.3, 0.4) is 0 Å². The normalized spacial score (nSPS) is 18.8. The summed E-state index contributed by atoms with van der Waals surface area (Å²) in [6, 6.07) is 14.2. The Hall–Kier alpha value is -3.52. The van der Waals surface area contributed by atoms with E-state index >= 15 is 0 Å². The van der Waals surface area contributed by atoms with E-state index in [1.165, 1.54) is 5.56 Å². The molecule has 1 aromatic carbocycles. The fraction of sp³-hybridized carbons (Fsp3) is 0.200. The van der Waals surface area contributed by atoms with Crippen LogP contribution in [0.15, 0.2) is 71.7 Å². The number of pyridine rings is 1. The Kier molecular flexibility index (Phi) is 6.23. The Morgan fingerprint density at radius 1 is 0.780 bits per heavy atom. The predicted octanol–water partition coefficient (Wildman–Crippen LogP) is -4.04. The average Bonchev–Trinajstić information content (AvgIpc) is 3.56. The van der Waals surface area contributed by atoms with E-state index in [0.29, 0.717) is 28.6 Å². The third-order valence-electron chi connectivity index (χ3n) is 9.21. The topological polar surface area (TPSA) is 82.1 Å². The lowest BCUT2D eigenvalue weighted by atomic mass is 9.30. The number of nitrogens with zero attached hydrogens (tertiary/aromatic N) is 6. The smallest absolute Gasteiger partial charge is 0.253 e. The number of furan rings is 1. The van der Waals surface area contributed by atoms with Crippen molar-refractivity contribution in [1.29, 1.82) is 0 Å². The van der Waals surface area contributed by atoms with Gasteiger partial charge in [0.25, 0.3) is 5.95 Å². The van der Waals surface area contributed by atoms with E-state index in [-0.39, 0.29) is 0 Å². The molecule has 0 amide bonds. The molecule has 0 radical (unpaired) electrons. The highest BCUT2D eigenvalue weighted by Crippen LogP contribution is 2.45. The summed E-state index contributed by atoms with van der Waals surface area (Å²) in [6.07, 6.45) is 7.38. The van der Waals surface area contributed by atoms with Crippen molar-refractivity contribution in [2.24, 2.45) is 0 Å². The van der Waals surface area contributed by atoms with Crippen LogP contribution in [0, 0.1) is 6.92 Å². The van der Waals surface area contributed by atoms with Crippen LogP contribution >= 0.6 is 0 Å². The van der Waals surface area contributed by atoms with E-state index < -0.39 is 21.5 Å². The number of morpholine rings is 1. The van der Waals surface area contributed by atoms with Crippen molar-refractivity contribution in [3.63, 3.8) is 0 Å². The quantitative estimate of drug-likeness (QED) is 0.218. The maximum atomic E-state index is 6.77. The van der Waals surface area contributed by atoms with Gasteiger partial charge in [-0.15, -0.1) is 0 Å². The van der Waals surface area contributed by atoms with Crippen molar-refractivity contribution in [3.8, 4) is 28.4 Å². The van der Waals surface area contributed by atoms with Gasteiger partial charge in [0.15, 0.2) is 11.4 Å². The fourth-order valence-corrected chi connectivity index (χ4v) is 5.87. The first-order valence-corrected chi connectivity index (χ1v) is 14.1. The van der Waals surface area contributed by atoms with Gasteiger partial charge >= 0.3 is 0 Å². The lowest BCUT2D eigenvalue weighted by molar-refractivity contribution is -0.0256. The third kappa shape index (κ3) is 4.38. The van der Waals surface area contributed by atoms with Crippen molar-refractivity contribution in [3.05, 3.63) is 72.8 Å². The first kappa shape index (κ1) is 27.6. The van der Waals surface area contributed by atoms with Gasteiger partial charge in [-0.05, 0) is 35.3 Å². The lowest BCUT2D eigenvalue weighted by Gasteiger charge is -2.69. The molecule has 0 saturated carbocycles. The summed E-state index contributed by atoms with van der Waals surface area (Å²) in [6.45, 7) is 2.09. The summed E-state index contributed by atoms with van der Waals surface area (Å²) in [5.74, 6) is 1.86. The molecule has 0 aliphatic carbocycles. The van der Waals surface area contributed by atoms with Crippen LogP contribution in [0.25, 0.3) is 39.5 Å². The molecule has 0 N–H and O–H groups in total. The van der Waals surface area contributed by atoms with E-state index in [0.717, 1.165) is 16.7 Å². The Morgan fingerprint density at radius 2 is 1.49 bits per heavy atom. The Balaban J connectivity index is 1.60. The molecule has 0 unspecified atom stereocenters. The number of aryl methyl sites for hydroxylation is 1. The molecule has 0 atom stereocenters. The van der Waals surface area contributed by atoms with E-state index in [1.807, 2.05) is 30.6 Å². The molecule has 5 aromatic rings. The first-order valence-electron chi connectivity index (χ1n) is 14.1. The molecule has 5 heterocycles. The molecule has 6 rings (SSSR count). The fourth-order valence-electron chi connectivity index (χ4n) is 5.87. The maximum Gasteiger partial charge on any atom is 0.253 e. The predicted molar refractivity (Wildman–Crippen MR) is 185 cm³/mol. The van der Waals surface area contributed by atoms with Crippen LogP contribution in [-0.2, 0) is 4.74 Å². The summed E-state index contributed by atoms with van der Waals surface area (Å²) in [7, 11) is 17.4. The van der Waals surface area contributed by atoms with Crippen molar-refractivity contribution < 1.29 is 9.15 Å². The molecular formula is C25H30B8N6O2. The third-order valence-corrected chi connectivity index (χ3v) is 9.21. The van der Waals surface area contributed by atoms with Gasteiger partial charge in [-0.1, -0.05) is 29.8 Å². The molecule has 4 aromatic heterocycles. The number of hydrogen-bond donors (Lipinski definition) is 0. The van der Waals surface area contributed by atoms with Crippen LogP contribution in [0.1, 0.15) is 5.56 Å². The highest BCUT2D eigenvalue weighted by molar-refractivity contribution is 6.61. The van der Waals surface area contributed by atoms with E-state index in [9.17, 15) is 0 Å². The molecule has 8 nitrogen and oxygen atoms in total. The highest BCUT2D eigenvalue weighted by atomic mass is 16.5. The number of aromatic nitrogens is 5. The maximum absolute atomic E-state index is 6.77. The minimum Gasteiger partial charge on any atom is -0.450 e. The number of benzene rings is 1. The van der Waals surface area contributed by atoms with Gasteiger partial charge in [-0.3, -0.25) is 4.98 Å². The molecule has 41 heavy (non-hydrogen) atoms. The molecule has 16 heteroatoms. The van der Waals surface area contributed by atoms with Gasteiger partial charge in [0, 0.05) is 46.6 Å². The number of ether oxygens (including phenoxy) is 1. The standard InChI is InChI=1S/C25H30B8N6O2/c1-13-4-2-5-14(8-13)16-11-35-38(12-16)21-36-17-9-18(15-6-3-7-34-10-15)40-19(17)20(37-21)39-22(26,27)24(30,31)41-25(32,33)23(39,28)29/h2-12H,26-33H2,1H3. The largest absolute Gasteiger partial charge is 0.450 e. The number of fused-ring (bicyclic) bond motifs is 1. The van der Waals surface area contributed by atoms with Crippen LogP contribution in [0.5, 0.6) is 0 Å². The minimum absolute atomic E-state index is 0.470.